The molecule has 2 aliphatic rings. The van der Waals surface area contributed by atoms with Crippen molar-refractivity contribution in [3.05, 3.63) is 46.5 Å². The minimum Gasteiger partial charge on any atom is -0.461 e. The van der Waals surface area contributed by atoms with Crippen LogP contribution in [0.3, 0.4) is 0 Å². The molecule has 14 heteroatoms. The van der Waals surface area contributed by atoms with Crippen LogP contribution < -0.4 is 4.74 Å². The molecule has 1 aromatic rings. The Labute approximate surface area is 248 Å². The van der Waals surface area contributed by atoms with Gasteiger partial charge in [0.15, 0.2) is 0 Å². The molecule has 2 aliphatic heterocycles. The van der Waals surface area contributed by atoms with Gasteiger partial charge in [0.05, 0.1) is 24.4 Å². The molecule has 0 unspecified atom stereocenters. The fourth-order valence-electron chi connectivity index (χ4n) is 4.48. The predicted molar refractivity (Wildman–Crippen MR) is 148 cm³/mol. The van der Waals surface area contributed by atoms with Crippen LogP contribution in [0.15, 0.2) is 29.9 Å². The molecule has 2 heterocycles. The summed E-state index contributed by atoms with van der Waals surface area (Å²) in [6, 6.07) is 2.71. The molecule has 2 saturated heterocycles. The van der Waals surface area contributed by atoms with Gasteiger partial charge in [0.1, 0.15) is 54.6 Å². The Bertz CT molecular complexity index is 1150. The second-order valence-electron chi connectivity index (χ2n) is 11.4. The van der Waals surface area contributed by atoms with E-state index in [9.17, 15) is 50.8 Å². The molecule has 0 radical (unpaired) electrons. The minimum atomic E-state index is -1.82. The Kier molecular flexibility index (Phi) is 11.8. The number of benzene rings is 1. The monoisotopic (exact) mass is 614 g/mol. The fraction of sp³-hybridized carbons (Fsp3) is 0.621. The summed E-state index contributed by atoms with van der Waals surface area (Å²) in [6.07, 6.45) is -11.3. The van der Waals surface area contributed by atoms with Gasteiger partial charge >= 0.3 is 5.97 Å². The molecular weight excluding hydrogens is 572 g/mol. The van der Waals surface area contributed by atoms with Gasteiger partial charge < -0.3 is 64.9 Å². The number of ether oxygens (including phenoxy) is 4. The van der Waals surface area contributed by atoms with E-state index >= 15 is 0 Å². The molecule has 1 aromatic carbocycles. The molecule has 0 aromatic heterocycles. The van der Waals surface area contributed by atoms with Crippen LogP contribution in [0.2, 0.25) is 0 Å². The number of esters is 1. The van der Waals surface area contributed by atoms with Crippen molar-refractivity contribution in [2.75, 3.05) is 13.2 Å². The van der Waals surface area contributed by atoms with E-state index in [0.717, 1.165) is 5.57 Å². The molecule has 9 N–H and O–H groups in total. The van der Waals surface area contributed by atoms with Crippen molar-refractivity contribution in [2.24, 2.45) is 0 Å². The topological polar surface area (TPSA) is 236 Å². The number of hydrogen-bond donors (Lipinski definition) is 9. The average molecular weight is 615 g/mol. The summed E-state index contributed by atoms with van der Waals surface area (Å²) in [4.78, 5) is 13.3. The average Bonchev–Trinajstić information content (AvgIpc) is 2.95. The molecule has 0 aliphatic carbocycles. The largest absolute Gasteiger partial charge is 0.461 e. The van der Waals surface area contributed by atoms with E-state index in [0.29, 0.717) is 5.56 Å². The highest BCUT2D eigenvalue weighted by molar-refractivity contribution is 5.91. The van der Waals surface area contributed by atoms with E-state index in [2.05, 4.69) is 0 Å². The van der Waals surface area contributed by atoms with Gasteiger partial charge in [-0.25, -0.2) is 4.79 Å². The van der Waals surface area contributed by atoms with Crippen molar-refractivity contribution in [3.8, 4) is 5.75 Å². The number of rotatable bonds is 10. The van der Waals surface area contributed by atoms with Gasteiger partial charge in [-0.1, -0.05) is 23.8 Å². The van der Waals surface area contributed by atoms with Crippen LogP contribution in [-0.2, 0) is 20.6 Å². The second-order valence-corrected chi connectivity index (χ2v) is 11.4. The summed E-state index contributed by atoms with van der Waals surface area (Å²) in [6.45, 7) is 5.28. The first-order valence-electron chi connectivity index (χ1n) is 13.8. The van der Waals surface area contributed by atoms with Gasteiger partial charge in [-0.2, -0.15) is 0 Å². The highest BCUT2D eigenvalue weighted by Crippen LogP contribution is 2.34. The predicted octanol–water partition coefficient (Wildman–Crippen LogP) is -1.89. The Morgan fingerprint density at radius 2 is 1.40 bits per heavy atom. The fourth-order valence-corrected chi connectivity index (χ4v) is 4.48. The van der Waals surface area contributed by atoms with Gasteiger partial charge in [-0.05, 0) is 51.8 Å². The number of allylic oxidation sites excluding steroid dienone is 2. The quantitative estimate of drug-likeness (QED) is 0.104. The first-order chi connectivity index (χ1) is 20.1. The molecule has 0 bridgehead atoms. The zero-order valence-corrected chi connectivity index (χ0v) is 24.3. The molecule has 242 valence electrons. The molecule has 14 nitrogen and oxygen atoms in total. The molecule has 43 heavy (non-hydrogen) atoms. The van der Waals surface area contributed by atoms with Crippen LogP contribution >= 0.6 is 0 Å². The lowest BCUT2D eigenvalue weighted by Crippen LogP contribution is -2.60. The standard InChI is InChI=1S/C29H42O14/c1-13(2)5-6-14-9-16(26(38)43-28-24(37)22(35)20(33)18(12-31)41-28)10-15(7-8-29(3,4)39)25(14)42-27-23(36)21(34)19(32)17(11-30)40-27/h5,7-10,17-24,27-28,30-37,39H,6,11-12H2,1-4H3/t17-,18-,19-,20-,21+,22+,23-,24-,27+,28+/m1/s1. The van der Waals surface area contributed by atoms with E-state index in [4.69, 9.17) is 18.9 Å². The summed E-state index contributed by atoms with van der Waals surface area (Å²) in [5.41, 5.74) is 0.0662. The maximum atomic E-state index is 13.3. The second kappa shape index (κ2) is 14.5. The Balaban J connectivity index is 2.06. The number of aliphatic hydroxyl groups is 9. The normalized spacial score (nSPS) is 33.3. The summed E-state index contributed by atoms with van der Waals surface area (Å²) >= 11 is 0. The Morgan fingerprint density at radius 3 is 1.91 bits per heavy atom. The summed E-state index contributed by atoms with van der Waals surface area (Å²) in [7, 11) is 0. The summed E-state index contributed by atoms with van der Waals surface area (Å²) < 4.78 is 22.1. The van der Waals surface area contributed by atoms with Crippen molar-refractivity contribution in [3.63, 3.8) is 0 Å². The van der Waals surface area contributed by atoms with Crippen LogP contribution in [-0.4, -0.2) is 132 Å². The van der Waals surface area contributed by atoms with Crippen molar-refractivity contribution in [1.82, 2.24) is 0 Å². The Hall–Kier alpha value is -2.47. The van der Waals surface area contributed by atoms with Gasteiger partial charge in [-0.3, -0.25) is 0 Å². The lowest BCUT2D eigenvalue weighted by atomic mass is 9.97. The smallest absolute Gasteiger partial charge is 0.340 e. The SMILES string of the molecule is CC(C)=CCc1cc(C(=O)O[C@@H]2O[C@H](CO)[C@@H](O)[C@H](O)[C@H]2O)cc(C=CC(C)(C)O)c1O[C@@H]1O[C@H](CO)[C@@H](O)[C@H](O)[C@H]1O. The van der Waals surface area contributed by atoms with Crippen LogP contribution in [0, 0.1) is 0 Å². The number of carbonyl (C=O) groups is 1. The zero-order chi connectivity index (χ0) is 32.2. The first kappa shape index (κ1) is 35.0. The number of hydrogen-bond acceptors (Lipinski definition) is 14. The van der Waals surface area contributed by atoms with E-state index in [1.807, 2.05) is 19.9 Å². The molecule has 0 spiro atoms. The van der Waals surface area contributed by atoms with Gasteiger partial charge in [0.2, 0.25) is 12.6 Å². The van der Waals surface area contributed by atoms with E-state index < -0.39 is 86.2 Å². The van der Waals surface area contributed by atoms with Gasteiger partial charge in [-0.15, -0.1) is 0 Å². The molecule has 0 amide bonds. The van der Waals surface area contributed by atoms with E-state index in [-0.39, 0.29) is 23.3 Å². The maximum absolute atomic E-state index is 13.3. The van der Waals surface area contributed by atoms with Crippen LogP contribution in [0.4, 0.5) is 0 Å². The molecular formula is C29H42O14. The van der Waals surface area contributed by atoms with Gasteiger partial charge in [0.25, 0.3) is 0 Å². The lowest BCUT2D eigenvalue weighted by molar-refractivity contribution is -0.285. The maximum Gasteiger partial charge on any atom is 0.340 e. The third-order valence-electron chi connectivity index (χ3n) is 6.99. The van der Waals surface area contributed by atoms with Crippen molar-refractivity contribution in [1.29, 1.82) is 0 Å². The van der Waals surface area contributed by atoms with Gasteiger partial charge in [0, 0.05) is 5.56 Å². The number of aliphatic hydroxyl groups excluding tert-OH is 8. The van der Waals surface area contributed by atoms with Crippen molar-refractivity contribution < 1.29 is 69.7 Å². The van der Waals surface area contributed by atoms with Crippen molar-refractivity contribution >= 4 is 12.0 Å². The lowest BCUT2D eigenvalue weighted by Gasteiger charge is -2.40. The number of carbonyl (C=O) groups excluding carboxylic acids is 1. The summed E-state index contributed by atoms with van der Waals surface area (Å²) in [5, 5.41) is 90.8. The molecule has 10 atom stereocenters. The van der Waals surface area contributed by atoms with Crippen LogP contribution in [0.25, 0.3) is 6.08 Å². The summed E-state index contributed by atoms with van der Waals surface area (Å²) in [5.74, 6) is -0.938. The van der Waals surface area contributed by atoms with E-state index in [1.54, 1.807) is 0 Å². The van der Waals surface area contributed by atoms with Crippen LogP contribution in [0.5, 0.6) is 5.75 Å². The molecule has 0 saturated carbocycles. The van der Waals surface area contributed by atoms with E-state index in [1.165, 1.54) is 38.1 Å². The van der Waals surface area contributed by atoms with Crippen molar-refractivity contribution in [2.45, 2.75) is 101 Å². The first-order valence-corrected chi connectivity index (χ1v) is 13.8. The minimum absolute atomic E-state index is 0.0757. The molecule has 2 fully saturated rings. The Morgan fingerprint density at radius 1 is 0.860 bits per heavy atom. The highest BCUT2D eigenvalue weighted by atomic mass is 16.7. The zero-order valence-electron chi connectivity index (χ0n) is 24.3. The third kappa shape index (κ3) is 8.59. The van der Waals surface area contributed by atoms with Crippen LogP contribution in [0.1, 0.15) is 49.2 Å². The highest BCUT2D eigenvalue weighted by Gasteiger charge is 2.46. The third-order valence-corrected chi connectivity index (χ3v) is 6.99. The molecule has 3 rings (SSSR count).